The van der Waals surface area contributed by atoms with E-state index in [4.69, 9.17) is 16.3 Å². The first kappa shape index (κ1) is 14.1. The molecule has 19 heavy (non-hydrogen) atoms. The number of benzene rings is 1. The third-order valence-corrected chi connectivity index (χ3v) is 3.39. The molecular weight excluding hydrogens is 332 g/mol. The van der Waals surface area contributed by atoms with Crippen molar-refractivity contribution in [1.29, 1.82) is 0 Å². The monoisotopic (exact) mass is 342 g/mol. The zero-order chi connectivity index (χ0) is 14.0. The van der Waals surface area contributed by atoms with E-state index in [9.17, 15) is 5.21 Å². The van der Waals surface area contributed by atoms with E-state index >= 15 is 0 Å². The van der Waals surface area contributed by atoms with Crippen molar-refractivity contribution in [2.45, 2.75) is 19.8 Å². The molecule has 0 saturated carbocycles. The molecule has 2 rings (SSSR count). The number of hydrogen-bond donors (Lipinski definition) is 0. The molecule has 1 heterocycles. The molecule has 100 valence electrons. The van der Waals surface area contributed by atoms with Crippen molar-refractivity contribution in [2.75, 3.05) is 0 Å². The largest absolute Gasteiger partial charge is 0.591 e. The second-order valence-corrected chi connectivity index (χ2v) is 5.52. The Labute approximate surface area is 124 Å². The van der Waals surface area contributed by atoms with Crippen LogP contribution < -0.4 is 9.58 Å². The van der Waals surface area contributed by atoms with Crippen molar-refractivity contribution in [3.05, 3.63) is 50.7 Å². The summed E-state index contributed by atoms with van der Waals surface area (Å²) in [5.74, 6) is 0.970. The fourth-order valence-corrected chi connectivity index (χ4v) is 2.23. The fourth-order valence-electron chi connectivity index (χ4n) is 1.64. The molecule has 0 radical (unpaired) electrons. The van der Waals surface area contributed by atoms with Gasteiger partial charge in [-0.2, -0.15) is 0 Å². The highest BCUT2D eigenvalue weighted by molar-refractivity contribution is 9.10. The van der Waals surface area contributed by atoms with Gasteiger partial charge in [-0.1, -0.05) is 37.6 Å². The molecule has 0 atom stereocenters. The van der Waals surface area contributed by atoms with Crippen molar-refractivity contribution >= 4 is 27.5 Å². The minimum Gasteiger partial charge on any atom is -0.591 e. The first-order valence-electron chi connectivity index (χ1n) is 5.71. The Balaban J connectivity index is 2.43. The second kappa shape index (κ2) is 5.75. The van der Waals surface area contributed by atoms with Gasteiger partial charge in [0, 0.05) is 5.10 Å². The van der Waals surface area contributed by atoms with E-state index in [0.717, 1.165) is 10.0 Å². The number of ether oxygens (including phenoxy) is 1. The maximum atomic E-state index is 11.6. The van der Waals surface area contributed by atoms with Gasteiger partial charge in [-0.05, 0) is 44.4 Å². The van der Waals surface area contributed by atoms with E-state index in [1.807, 2.05) is 18.2 Å². The molecule has 1 aromatic carbocycles. The van der Waals surface area contributed by atoms with Gasteiger partial charge >= 0.3 is 5.88 Å². The SMILES string of the molecule is CC(C)c1cccc(Br)c1Oc1ccc(Cl)n[n+]1[O-]. The lowest BCUT2D eigenvalue weighted by atomic mass is 10.0. The Morgan fingerprint density at radius 3 is 2.68 bits per heavy atom. The summed E-state index contributed by atoms with van der Waals surface area (Å²) < 4.78 is 6.46. The number of para-hydroxylation sites is 1. The van der Waals surface area contributed by atoms with Gasteiger partial charge in [-0.25, -0.2) is 0 Å². The van der Waals surface area contributed by atoms with E-state index in [0.29, 0.717) is 10.6 Å². The van der Waals surface area contributed by atoms with Gasteiger partial charge in [-0.3, -0.25) is 0 Å². The number of rotatable bonds is 3. The Bertz CT molecular complexity index is 605. The smallest absolute Gasteiger partial charge is 0.411 e. The molecule has 2 aromatic rings. The van der Waals surface area contributed by atoms with Gasteiger partial charge in [0.25, 0.3) is 0 Å². The van der Waals surface area contributed by atoms with E-state index in [1.54, 1.807) is 0 Å². The summed E-state index contributed by atoms with van der Waals surface area (Å²) >= 11 is 9.07. The van der Waals surface area contributed by atoms with Crippen LogP contribution >= 0.6 is 27.5 Å². The second-order valence-electron chi connectivity index (χ2n) is 4.28. The predicted octanol–water partition coefficient (Wildman–Crippen LogP) is 4.05. The zero-order valence-corrected chi connectivity index (χ0v) is 12.8. The molecule has 0 fully saturated rings. The van der Waals surface area contributed by atoms with Crippen LogP contribution in [0, 0.1) is 5.21 Å². The molecule has 0 spiro atoms. The van der Waals surface area contributed by atoms with Crippen molar-refractivity contribution in [3.8, 4) is 11.6 Å². The quantitative estimate of drug-likeness (QED) is 0.624. The Morgan fingerprint density at radius 2 is 2.05 bits per heavy atom. The lowest BCUT2D eigenvalue weighted by Gasteiger charge is -2.13. The van der Waals surface area contributed by atoms with Crippen LogP contribution in [0.15, 0.2) is 34.8 Å². The Morgan fingerprint density at radius 1 is 1.32 bits per heavy atom. The van der Waals surface area contributed by atoms with Gasteiger partial charge in [0.15, 0.2) is 10.9 Å². The number of aromatic nitrogens is 2. The number of hydrogen-bond acceptors (Lipinski definition) is 3. The van der Waals surface area contributed by atoms with Crippen LogP contribution in [0.3, 0.4) is 0 Å². The predicted molar refractivity (Wildman–Crippen MR) is 76.5 cm³/mol. The maximum absolute atomic E-state index is 11.6. The third kappa shape index (κ3) is 3.16. The Kier molecular flexibility index (Phi) is 4.27. The highest BCUT2D eigenvalue weighted by atomic mass is 79.9. The third-order valence-electron chi connectivity index (χ3n) is 2.56. The topological polar surface area (TPSA) is 49.1 Å². The first-order valence-corrected chi connectivity index (χ1v) is 6.89. The summed E-state index contributed by atoms with van der Waals surface area (Å²) in [7, 11) is 0. The van der Waals surface area contributed by atoms with E-state index in [1.165, 1.54) is 12.1 Å². The van der Waals surface area contributed by atoms with Crippen LogP contribution in [-0.4, -0.2) is 5.10 Å². The molecular formula is C13H12BrClN2O2. The highest BCUT2D eigenvalue weighted by Crippen LogP contribution is 2.36. The molecule has 0 aliphatic heterocycles. The molecule has 6 heteroatoms. The number of halogens is 2. The van der Waals surface area contributed by atoms with Gasteiger partial charge < -0.3 is 9.94 Å². The minimum atomic E-state index is 0.0817. The van der Waals surface area contributed by atoms with Crippen LogP contribution in [-0.2, 0) is 0 Å². The molecule has 4 nitrogen and oxygen atoms in total. The van der Waals surface area contributed by atoms with Crippen molar-refractivity contribution in [3.63, 3.8) is 0 Å². The molecule has 0 aliphatic carbocycles. The maximum Gasteiger partial charge on any atom is 0.411 e. The van der Waals surface area contributed by atoms with Gasteiger partial charge in [0.05, 0.1) is 10.5 Å². The summed E-state index contributed by atoms with van der Waals surface area (Å²) in [6.45, 7) is 4.11. The normalized spacial score (nSPS) is 10.8. The van der Waals surface area contributed by atoms with Crippen LogP contribution in [0.1, 0.15) is 25.3 Å². The van der Waals surface area contributed by atoms with Crippen LogP contribution in [0.25, 0.3) is 0 Å². The lowest BCUT2D eigenvalue weighted by molar-refractivity contribution is -0.673. The van der Waals surface area contributed by atoms with E-state index < -0.39 is 0 Å². The summed E-state index contributed by atoms with van der Waals surface area (Å²) in [4.78, 5) is 0.367. The molecule has 0 saturated heterocycles. The summed E-state index contributed by atoms with van der Waals surface area (Å²) in [6.07, 6.45) is 0. The molecule has 0 N–H and O–H groups in total. The van der Waals surface area contributed by atoms with Crippen LogP contribution in [0.2, 0.25) is 5.15 Å². The lowest BCUT2D eigenvalue weighted by Crippen LogP contribution is -2.32. The number of nitrogens with zero attached hydrogens (tertiary/aromatic N) is 2. The standard InChI is InChI=1S/C13H12BrClN2O2/c1-8(2)9-4-3-5-10(14)13(9)19-12-7-6-11(15)16-17(12)18/h3-8H,1-2H3. The zero-order valence-electron chi connectivity index (χ0n) is 10.4. The first-order chi connectivity index (χ1) is 8.99. The van der Waals surface area contributed by atoms with Crippen molar-refractivity contribution < 1.29 is 9.58 Å². The highest BCUT2D eigenvalue weighted by Gasteiger charge is 2.17. The van der Waals surface area contributed by atoms with Gasteiger partial charge in [-0.15, -0.1) is 0 Å². The molecule has 0 amide bonds. The fraction of sp³-hybridized carbons (Fsp3) is 0.231. The van der Waals surface area contributed by atoms with Crippen LogP contribution in [0.5, 0.6) is 11.6 Å². The molecule has 1 aromatic heterocycles. The molecule has 0 unspecified atom stereocenters. The van der Waals surface area contributed by atoms with Gasteiger partial charge in [0.1, 0.15) is 0 Å². The summed E-state index contributed by atoms with van der Waals surface area (Å²) in [6, 6.07) is 8.75. The molecule has 0 aliphatic rings. The van der Waals surface area contributed by atoms with Crippen molar-refractivity contribution in [2.24, 2.45) is 0 Å². The van der Waals surface area contributed by atoms with E-state index in [2.05, 4.69) is 34.9 Å². The van der Waals surface area contributed by atoms with Crippen molar-refractivity contribution in [1.82, 2.24) is 5.10 Å². The van der Waals surface area contributed by atoms with Gasteiger partial charge in [0.2, 0.25) is 0 Å². The van der Waals surface area contributed by atoms with E-state index in [-0.39, 0.29) is 17.0 Å². The summed E-state index contributed by atoms with van der Waals surface area (Å²) in [5.41, 5.74) is 1.00. The average Bonchev–Trinajstić information content (AvgIpc) is 2.34. The van der Waals surface area contributed by atoms with Crippen LogP contribution in [0.4, 0.5) is 0 Å². The average molecular weight is 344 g/mol. The minimum absolute atomic E-state index is 0.0817. The summed E-state index contributed by atoms with van der Waals surface area (Å²) in [5, 5.41) is 15.3. The Hall–Kier alpha value is -1.33. The molecule has 0 bridgehead atoms.